The van der Waals surface area contributed by atoms with Crippen LogP contribution in [0, 0.1) is 6.92 Å². The molecule has 0 unspecified atom stereocenters. The molecule has 0 aromatic heterocycles. The highest BCUT2D eigenvalue weighted by atomic mass is 16.5. The highest BCUT2D eigenvalue weighted by Crippen LogP contribution is 2.38. The molecule has 1 amide bonds. The van der Waals surface area contributed by atoms with Crippen LogP contribution in [-0.2, 0) is 17.8 Å². The number of amides is 1. The third-order valence-electron chi connectivity index (χ3n) is 6.39. The quantitative estimate of drug-likeness (QED) is 0.428. The smallest absolute Gasteiger partial charge is 0.261 e. The molecule has 1 aliphatic heterocycles. The van der Waals surface area contributed by atoms with E-state index in [-0.39, 0.29) is 11.9 Å². The molecule has 4 nitrogen and oxygen atoms in total. The van der Waals surface area contributed by atoms with E-state index in [4.69, 9.17) is 4.74 Å². The van der Waals surface area contributed by atoms with Crippen molar-refractivity contribution in [3.8, 4) is 5.75 Å². The summed E-state index contributed by atoms with van der Waals surface area (Å²) in [6.07, 6.45) is 2.74. The Labute approximate surface area is 203 Å². The Balaban J connectivity index is 1.65. The second-order valence-corrected chi connectivity index (χ2v) is 8.93. The molecule has 3 aromatic carbocycles. The maximum absolute atomic E-state index is 12.5. The molecule has 4 rings (SSSR count). The number of hydrogen-bond acceptors (Lipinski definition) is 3. The van der Waals surface area contributed by atoms with Gasteiger partial charge in [0.1, 0.15) is 5.75 Å². The van der Waals surface area contributed by atoms with Crippen LogP contribution in [0.3, 0.4) is 0 Å². The lowest BCUT2D eigenvalue weighted by atomic mass is 9.87. The van der Waals surface area contributed by atoms with Crippen LogP contribution < -0.4 is 10.1 Å². The molecule has 1 heterocycles. The van der Waals surface area contributed by atoms with Gasteiger partial charge in [0.25, 0.3) is 5.91 Å². The van der Waals surface area contributed by atoms with Crippen LogP contribution in [0.2, 0.25) is 0 Å². The van der Waals surface area contributed by atoms with Crippen LogP contribution in [0.5, 0.6) is 5.75 Å². The summed E-state index contributed by atoms with van der Waals surface area (Å²) >= 11 is 0. The Morgan fingerprint density at radius 2 is 1.97 bits per heavy atom. The van der Waals surface area contributed by atoms with Gasteiger partial charge in [-0.25, -0.2) is 0 Å². The molecule has 0 saturated heterocycles. The van der Waals surface area contributed by atoms with E-state index in [2.05, 4.69) is 90.4 Å². The predicted octanol–water partition coefficient (Wildman–Crippen LogP) is 5.60. The van der Waals surface area contributed by atoms with Gasteiger partial charge in [0.2, 0.25) is 0 Å². The second kappa shape index (κ2) is 11.2. The fourth-order valence-electron chi connectivity index (χ4n) is 4.73. The lowest BCUT2D eigenvalue weighted by Crippen LogP contribution is -2.38. The first-order chi connectivity index (χ1) is 16.6. The van der Waals surface area contributed by atoms with Crippen molar-refractivity contribution >= 4 is 5.91 Å². The van der Waals surface area contributed by atoms with Crippen LogP contribution >= 0.6 is 0 Å². The number of nitrogens with zero attached hydrogens (tertiary/aromatic N) is 1. The van der Waals surface area contributed by atoms with Crippen molar-refractivity contribution in [3.05, 3.63) is 113 Å². The number of hydrogen-bond donors (Lipinski definition) is 1. The average Bonchev–Trinajstić information content (AvgIpc) is 2.86. The van der Waals surface area contributed by atoms with E-state index in [0.717, 1.165) is 25.3 Å². The highest BCUT2D eigenvalue weighted by Gasteiger charge is 2.29. The van der Waals surface area contributed by atoms with Crippen molar-refractivity contribution in [3.63, 3.8) is 0 Å². The summed E-state index contributed by atoms with van der Waals surface area (Å²) < 4.78 is 6.18. The van der Waals surface area contributed by atoms with Gasteiger partial charge < -0.3 is 10.1 Å². The van der Waals surface area contributed by atoms with Gasteiger partial charge in [-0.1, -0.05) is 79.2 Å². The zero-order valence-corrected chi connectivity index (χ0v) is 20.2. The van der Waals surface area contributed by atoms with Crippen LogP contribution in [0.1, 0.15) is 47.2 Å². The number of benzene rings is 3. The van der Waals surface area contributed by atoms with Crippen molar-refractivity contribution in [1.82, 2.24) is 10.2 Å². The van der Waals surface area contributed by atoms with Gasteiger partial charge in [-0.15, -0.1) is 6.58 Å². The first kappa shape index (κ1) is 23.8. The molecular formula is C30H34N2O2. The fourth-order valence-corrected chi connectivity index (χ4v) is 4.73. The number of aryl methyl sites for hydroxylation is 1. The van der Waals surface area contributed by atoms with Crippen LogP contribution in [0.25, 0.3) is 0 Å². The van der Waals surface area contributed by atoms with Gasteiger partial charge in [-0.2, -0.15) is 0 Å². The minimum Gasteiger partial charge on any atom is -0.481 e. The highest BCUT2D eigenvalue weighted by molar-refractivity contribution is 5.81. The molecule has 0 saturated carbocycles. The monoisotopic (exact) mass is 454 g/mol. The first-order valence-corrected chi connectivity index (χ1v) is 12.1. The standard InChI is InChI=1S/C30H34N2O2/c1-4-17-31-30(33)28(5-2)34-26-15-14-24-16-18-32(21-23-11-9-10-22(3)19-23)29(27(24)20-26)25-12-7-6-8-13-25/h4,6-15,19-20,28-29H,1,5,16-18,21H2,2-3H3,(H,31,33)/t28-,29-/m1/s1. The molecule has 0 bridgehead atoms. The molecule has 34 heavy (non-hydrogen) atoms. The van der Waals surface area contributed by atoms with Crippen molar-refractivity contribution in [2.75, 3.05) is 13.1 Å². The normalized spacial score (nSPS) is 16.4. The topological polar surface area (TPSA) is 41.6 Å². The second-order valence-electron chi connectivity index (χ2n) is 8.93. The Bertz CT molecular complexity index is 1130. The SMILES string of the molecule is C=CCNC(=O)[C@@H](CC)Oc1ccc2c(c1)[C@@H](c1ccccc1)N(Cc1cccc(C)c1)CC2. The van der Waals surface area contributed by atoms with Gasteiger partial charge in [0, 0.05) is 19.6 Å². The maximum Gasteiger partial charge on any atom is 0.261 e. The summed E-state index contributed by atoms with van der Waals surface area (Å²) in [4.78, 5) is 15.0. The molecule has 0 radical (unpaired) electrons. The average molecular weight is 455 g/mol. The number of carbonyl (C=O) groups excluding carboxylic acids is 1. The van der Waals surface area contributed by atoms with Gasteiger partial charge in [-0.05, 0) is 54.2 Å². The van der Waals surface area contributed by atoms with E-state index >= 15 is 0 Å². The van der Waals surface area contributed by atoms with Crippen molar-refractivity contribution < 1.29 is 9.53 Å². The molecule has 2 atom stereocenters. The summed E-state index contributed by atoms with van der Waals surface area (Å²) in [7, 11) is 0. The molecule has 0 fully saturated rings. The van der Waals surface area contributed by atoms with Crippen LogP contribution in [-0.4, -0.2) is 30.0 Å². The molecule has 4 heteroatoms. The molecule has 1 N–H and O–H groups in total. The van der Waals surface area contributed by atoms with Crippen LogP contribution in [0.4, 0.5) is 0 Å². The summed E-state index contributed by atoms with van der Waals surface area (Å²) in [5, 5.41) is 2.85. The maximum atomic E-state index is 12.5. The summed E-state index contributed by atoms with van der Waals surface area (Å²) in [6, 6.07) is 25.9. The van der Waals surface area contributed by atoms with Gasteiger partial charge in [-0.3, -0.25) is 9.69 Å². The molecular weight excluding hydrogens is 420 g/mol. The largest absolute Gasteiger partial charge is 0.481 e. The minimum absolute atomic E-state index is 0.110. The number of nitrogens with one attached hydrogen (secondary N) is 1. The van der Waals surface area contributed by atoms with Crippen LogP contribution in [0.15, 0.2) is 85.5 Å². The van der Waals surface area contributed by atoms with Gasteiger partial charge in [0.15, 0.2) is 6.10 Å². The number of rotatable bonds is 9. The first-order valence-electron chi connectivity index (χ1n) is 12.1. The van der Waals surface area contributed by atoms with E-state index in [1.807, 2.05) is 13.0 Å². The van der Waals surface area contributed by atoms with Gasteiger partial charge >= 0.3 is 0 Å². The summed E-state index contributed by atoms with van der Waals surface area (Å²) in [5.41, 5.74) is 6.46. The lowest BCUT2D eigenvalue weighted by molar-refractivity contribution is -0.127. The minimum atomic E-state index is -0.528. The van der Waals surface area contributed by atoms with E-state index in [0.29, 0.717) is 13.0 Å². The lowest BCUT2D eigenvalue weighted by Gasteiger charge is -2.38. The van der Waals surface area contributed by atoms with E-state index in [9.17, 15) is 4.79 Å². The van der Waals surface area contributed by atoms with Crippen molar-refractivity contribution in [2.45, 2.75) is 45.4 Å². The van der Waals surface area contributed by atoms with E-state index < -0.39 is 6.10 Å². The summed E-state index contributed by atoms with van der Waals surface area (Å²) in [5.74, 6) is 0.624. The molecule has 3 aromatic rings. The van der Waals surface area contributed by atoms with E-state index in [1.54, 1.807) is 6.08 Å². The molecule has 1 aliphatic rings. The Kier molecular flexibility index (Phi) is 7.81. The number of carbonyl (C=O) groups is 1. The molecule has 0 aliphatic carbocycles. The summed E-state index contributed by atoms with van der Waals surface area (Å²) in [6.45, 7) is 10.1. The zero-order chi connectivity index (χ0) is 23.9. The number of fused-ring (bicyclic) bond motifs is 1. The molecule has 0 spiro atoms. The van der Waals surface area contributed by atoms with Crippen molar-refractivity contribution in [2.24, 2.45) is 0 Å². The third-order valence-corrected chi connectivity index (χ3v) is 6.39. The Morgan fingerprint density at radius 3 is 2.71 bits per heavy atom. The predicted molar refractivity (Wildman–Crippen MR) is 138 cm³/mol. The Morgan fingerprint density at radius 1 is 1.15 bits per heavy atom. The fraction of sp³-hybridized carbons (Fsp3) is 0.300. The van der Waals surface area contributed by atoms with Gasteiger partial charge in [0.05, 0.1) is 6.04 Å². The van der Waals surface area contributed by atoms with Crippen molar-refractivity contribution in [1.29, 1.82) is 0 Å². The third kappa shape index (κ3) is 5.57. The zero-order valence-electron chi connectivity index (χ0n) is 20.2. The number of ether oxygens (including phenoxy) is 1. The van der Waals surface area contributed by atoms with E-state index in [1.165, 1.54) is 27.8 Å². The molecule has 176 valence electrons. The Hall–Kier alpha value is -3.37.